The van der Waals surface area contributed by atoms with Gasteiger partial charge in [-0.25, -0.2) is 4.98 Å². The minimum Gasteiger partial charge on any atom is -0.340 e. The fourth-order valence-electron chi connectivity index (χ4n) is 2.43. The van der Waals surface area contributed by atoms with Gasteiger partial charge in [-0.3, -0.25) is 0 Å². The molecule has 122 valence electrons. The maximum atomic E-state index is 4.56. The van der Waals surface area contributed by atoms with Gasteiger partial charge in [0.05, 0.1) is 0 Å². The third-order valence-corrected chi connectivity index (χ3v) is 3.80. The lowest BCUT2D eigenvalue weighted by Gasteiger charge is -2.10. The van der Waals surface area contributed by atoms with E-state index >= 15 is 0 Å². The van der Waals surface area contributed by atoms with E-state index in [4.69, 9.17) is 0 Å². The van der Waals surface area contributed by atoms with Gasteiger partial charge in [0, 0.05) is 23.1 Å². The second-order valence-corrected chi connectivity index (χ2v) is 5.88. The zero-order chi connectivity index (χ0) is 16.9. The number of aromatic nitrogens is 2. The summed E-state index contributed by atoms with van der Waals surface area (Å²) in [6.07, 6.45) is 1.03. The van der Waals surface area contributed by atoms with Crippen molar-refractivity contribution in [3.8, 4) is 0 Å². The second-order valence-electron chi connectivity index (χ2n) is 5.88. The Kier molecular flexibility index (Phi) is 4.75. The molecule has 0 aliphatic rings. The molecule has 0 saturated heterocycles. The fraction of sp³-hybridized carbons (Fsp3) is 0.200. The molecule has 1 heterocycles. The lowest BCUT2D eigenvalue weighted by Crippen LogP contribution is -2.02. The van der Waals surface area contributed by atoms with Gasteiger partial charge < -0.3 is 10.6 Å². The predicted octanol–water partition coefficient (Wildman–Crippen LogP) is 5.14. The molecule has 0 aliphatic heterocycles. The predicted molar refractivity (Wildman–Crippen MR) is 100 cm³/mol. The first-order valence-corrected chi connectivity index (χ1v) is 8.18. The standard InChI is InChI=1S/C20H22N4/c1-4-16-7-11-18(12-8-16)23-20-21-15(3)13-19(24-20)22-17-9-5-14(2)6-10-17/h5-13H,4H2,1-3H3,(H2,21,22,23,24). The molecule has 3 rings (SSSR count). The molecular formula is C20H22N4. The van der Waals surface area contributed by atoms with Crippen LogP contribution in [-0.4, -0.2) is 9.97 Å². The van der Waals surface area contributed by atoms with Gasteiger partial charge >= 0.3 is 0 Å². The van der Waals surface area contributed by atoms with Gasteiger partial charge in [0.15, 0.2) is 0 Å². The highest BCUT2D eigenvalue weighted by Crippen LogP contribution is 2.20. The van der Waals surface area contributed by atoms with Crippen LogP contribution in [0.1, 0.15) is 23.7 Å². The Bertz CT molecular complexity index is 808. The number of hydrogen-bond donors (Lipinski definition) is 2. The molecule has 0 unspecified atom stereocenters. The average molecular weight is 318 g/mol. The molecule has 4 nitrogen and oxygen atoms in total. The zero-order valence-corrected chi connectivity index (χ0v) is 14.3. The fourth-order valence-corrected chi connectivity index (χ4v) is 2.43. The van der Waals surface area contributed by atoms with Crippen molar-refractivity contribution in [3.05, 3.63) is 71.4 Å². The smallest absolute Gasteiger partial charge is 0.229 e. The largest absolute Gasteiger partial charge is 0.340 e. The van der Waals surface area contributed by atoms with Crippen molar-refractivity contribution in [1.82, 2.24) is 9.97 Å². The summed E-state index contributed by atoms with van der Waals surface area (Å²) in [6, 6.07) is 18.5. The minimum atomic E-state index is 0.592. The minimum absolute atomic E-state index is 0.592. The van der Waals surface area contributed by atoms with Crippen LogP contribution in [-0.2, 0) is 6.42 Å². The van der Waals surface area contributed by atoms with E-state index in [1.165, 1.54) is 11.1 Å². The summed E-state index contributed by atoms with van der Waals surface area (Å²) >= 11 is 0. The SMILES string of the molecule is CCc1ccc(Nc2nc(C)cc(Nc3ccc(C)cc3)n2)cc1. The van der Waals surface area contributed by atoms with Crippen molar-refractivity contribution >= 4 is 23.1 Å². The van der Waals surface area contributed by atoms with Crippen molar-refractivity contribution in [1.29, 1.82) is 0 Å². The Morgan fingerprint density at radius 2 is 1.42 bits per heavy atom. The Labute approximate surface area is 143 Å². The van der Waals surface area contributed by atoms with Gasteiger partial charge in [-0.2, -0.15) is 4.98 Å². The number of nitrogens with one attached hydrogen (secondary N) is 2. The highest BCUT2D eigenvalue weighted by molar-refractivity contribution is 5.60. The number of nitrogens with zero attached hydrogens (tertiary/aromatic N) is 2. The first-order chi connectivity index (χ1) is 11.6. The van der Waals surface area contributed by atoms with Crippen LogP contribution in [0.3, 0.4) is 0 Å². The Morgan fingerprint density at radius 3 is 2.08 bits per heavy atom. The van der Waals surface area contributed by atoms with Crippen LogP contribution in [0, 0.1) is 13.8 Å². The van der Waals surface area contributed by atoms with Gasteiger partial charge in [-0.1, -0.05) is 36.8 Å². The van der Waals surface area contributed by atoms with E-state index < -0.39 is 0 Å². The number of hydrogen-bond acceptors (Lipinski definition) is 4. The number of benzene rings is 2. The van der Waals surface area contributed by atoms with E-state index in [2.05, 4.69) is 70.8 Å². The Balaban J connectivity index is 1.78. The molecule has 0 spiro atoms. The molecule has 0 fully saturated rings. The van der Waals surface area contributed by atoms with E-state index in [0.717, 1.165) is 29.3 Å². The Hall–Kier alpha value is -2.88. The molecule has 0 amide bonds. The van der Waals surface area contributed by atoms with Crippen molar-refractivity contribution < 1.29 is 0 Å². The maximum Gasteiger partial charge on any atom is 0.229 e. The van der Waals surface area contributed by atoms with Crippen LogP contribution in [0.25, 0.3) is 0 Å². The first-order valence-electron chi connectivity index (χ1n) is 8.18. The van der Waals surface area contributed by atoms with Crippen molar-refractivity contribution in [2.45, 2.75) is 27.2 Å². The summed E-state index contributed by atoms with van der Waals surface area (Å²) in [5.74, 6) is 1.37. The van der Waals surface area contributed by atoms with Crippen molar-refractivity contribution in [2.75, 3.05) is 10.6 Å². The topological polar surface area (TPSA) is 49.8 Å². The highest BCUT2D eigenvalue weighted by atomic mass is 15.1. The van der Waals surface area contributed by atoms with Crippen LogP contribution < -0.4 is 10.6 Å². The van der Waals surface area contributed by atoms with E-state index in [9.17, 15) is 0 Å². The van der Waals surface area contributed by atoms with Crippen molar-refractivity contribution in [3.63, 3.8) is 0 Å². The third-order valence-electron chi connectivity index (χ3n) is 3.80. The summed E-state index contributed by atoms with van der Waals surface area (Å²) in [7, 11) is 0. The van der Waals surface area contributed by atoms with Crippen LogP contribution >= 0.6 is 0 Å². The monoisotopic (exact) mass is 318 g/mol. The molecule has 3 aromatic rings. The summed E-state index contributed by atoms with van der Waals surface area (Å²) in [5, 5.41) is 6.59. The molecule has 0 aliphatic carbocycles. The first kappa shape index (κ1) is 16.0. The molecule has 2 aromatic carbocycles. The normalized spacial score (nSPS) is 10.5. The molecule has 2 N–H and O–H groups in total. The lowest BCUT2D eigenvalue weighted by molar-refractivity contribution is 1.10. The maximum absolute atomic E-state index is 4.56. The summed E-state index contributed by atoms with van der Waals surface area (Å²) in [6.45, 7) is 6.19. The Morgan fingerprint density at radius 1 is 0.792 bits per heavy atom. The van der Waals surface area contributed by atoms with E-state index in [0.29, 0.717) is 5.95 Å². The van der Waals surface area contributed by atoms with E-state index in [-0.39, 0.29) is 0 Å². The zero-order valence-electron chi connectivity index (χ0n) is 14.3. The molecule has 0 radical (unpaired) electrons. The van der Waals surface area contributed by atoms with Gasteiger partial charge in [0.2, 0.25) is 5.95 Å². The van der Waals surface area contributed by atoms with Crippen LogP contribution in [0.4, 0.5) is 23.1 Å². The lowest BCUT2D eigenvalue weighted by atomic mass is 10.1. The van der Waals surface area contributed by atoms with Gasteiger partial charge in [0.25, 0.3) is 0 Å². The number of rotatable bonds is 5. The quantitative estimate of drug-likeness (QED) is 0.683. The second kappa shape index (κ2) is 7.13. The third kappa shape index (κ3) is 4.10. The molecular weight excluding hydrogens is 296 g/mol. The summed E-state index contributed by atoms with van der Waals surface area (Å²) < 4.78 is 0. The van der Waals surface area contributed by atoms with Gasteiger partial charge in [-0.05, 0) is 50.1 Å². The average Bonchev–Trinajstić information content (AvgIpc) is 2.57. The molecule has 4 heteroatoms. The van der Waals surface area contributed by atoms with Crippen molar-refractivity contribution in [2.24, 2.45) is 0 Å². The van der Waals surface area contributed by atoms with Gasteiger partial charge in [-0.15, -0.1) is 0 Å². The highest BCUT2D eigenvalue weighted by Gasteiger charge is 2.04. The van der Waals surface area contributed by atoms with E-state index in [1.54, 1.807) is 0 Å². The molecule has 0 bridgehead atoms. The molecule has 24 heavy (non-hydrogen) atoms. The summed E-state index contributed by atoms with van der Waals surface area (Å²) in [5.41, 5.74) is 5.45. The number of anilines is 4. The van der Waals surface area contributed by atoms with E-state index in [1.807, 2.05) is 25.1 Å². The number of aryl methyl sites for hydroxylation is 3. The summed E-state index contributed by atoms with van der Waals surface area (Å²) in [4.78, 5) is 9.02. The van der Waals surface area contributed by atoms with Gasteiger partial charge in [0.1, 0.15) is 5.82 Å². The molecule has 1 aromatic heterocycles. The molecule has 0 atom stereocenters. The van der Waals surface area contributed by atoms with Crippen LogP contribution in [0.5, 0.6) is 0 Å². The van der Waals surface area contributed by atoms with Crippen LogP contribution in [0.2, 0.25) is 0 Å². The molecule has 0 saturated carbocycles. The van der Waals surface area contributed by atoms with Crippen LogP contribution in [0.15, 0.2) is 54.6 Å².